The van der Waals surface area contributed by atoms with Crippen LogP contribution in [-0.2, 0) is 0 Å². The molecular weight excluding hydrogens is 314 g/mol. The Morgan fingerprint density at radius 3 is 2.52 bits per heavy atom. The number of carbonyl (C=O) groups is 1. The minimum absolute atomic E-state index is 0.0966. The first-order chi connectivity index (χ1) is 12.2. The van der Waals surface area contributed by atoms with Crippen LogP contribution in [0.5, 0.6) is 5.75 Å². The lowest BCUT2D eigenvalue weighted by Crippen LogP contribution is -2.48. The Hall–Kier alpha value is -1.75. The largest absolute Gasteiger partial charge is 0.497 e. The van der Waals surface area contributed by atoms with Crippen molar-refractivity contribution in [3.63, 3.8) is 0 Å². The number of rotatable bonds is 5. The molecule has 2 unspecified atom stereocenters. The van der Waals surface area contributed by atoms with Crippen LogP contribution >= 0.6 is 0 Å². The van der Waals surface area contributed by atoms with Gasteiger partial charge >= 0.3 is 6.03 Å². The van der Waals surface area contributed by atoms with Crippen molar-refractivity contribution in [1.29, 1.82) is 0 Å². The van der Waals surface area contributed by atoms with E-state index >= 15 is 0 Å². The maximum atomic E-state index is 12.4. The van der Waals surface area contributed by atoms with Gasteiger partial charge in [-0.3, -0.25) is 0 Å². The van der Waals surface area contributed by atoms with Crippen molar-refractivity contribution < 1.29 is 9.53 Å². The third-order valence-electron chi connectivity index (χ3n) is 5.51. The van der Waals surface area contributed by atoms with Gasteiger partial charge in [0.1, 0.15) is 5.75 Å². The molecule has 3 rings (SSSR count). The molecule has 2 fully saturated rings. The first-order valence-corrected chi connectivity index (χ1v) is 9.68. The predicted octanol–water partition coefficient (Wildman–Crippen LogP) is 3.86. The van der Waals surface area contributed by atoms with Crippen LogP contribution in [0.15, 0.2) is 24.3 Å². The van der Waals surface area contributed by atoms with E-state index in [0.717, 1.165) is 24.4 Å². The highest BCUT2D eigenvalue weighted by Gasteiger charge is 2.28. The van der Waals surface area contributed by atoms with Gasteiger partial charge in [0.25, 0.3) is 0 Å². The minimum Gasteiger partial charge on any atom is -0.497 e. The average molecular weight is 345 g/mol. The molecule has 2 aliphatic rings. The summed E-state index contributed by atoms with van der Waals surface area (Å²) in [5.74, 6) is 1.37. The molecule has 1 aliphatic carbocycles. The molecule has 0 radical (unpaired) electrons. The van der Waals surface area contributed by atoms with Gasteiger partial charge in [-0.25, -0.2) is 4.79 Å². The topological polar surface area (TPSA) is 53.6 Å². The van der Waals surface area contributed by atoms with E-state index in [1.54, 1.807) is 7.11 Å². The fourth-order valence-corrected chi connectivity index (χ4v) is 4.10. The van der Waals surface area contributed by atoms with Crippen LogP contribution in [0.25, 0.3) is 0 Å². The zero-order chi connectivity index (χ0) is 17.5. The number of carbonyl (C=O) groups excluding carboxylic acids is 1. The first kappa shape index (κ1) is 18.1. The summed E-state index contributed by atoms with van der Waals surface area (Å²) in [7, 11) is 1.64. The maximum absolute atomic E-state index is 12.4. The van der Waals surface area contributed by atoms with E-state index < -0.39 is 0 Å². The molecule has 2 N–H and O–H groups in total. The Morgan fingerprint density at radius 1 is 1.08 bits per heavy atom. The molecule has 2 atom stereocenters. The van der Waals surface area contributed by atoms with Gasteiger partial charge in [-0.2, -0.15) is 0 Å². The van der Waals surface area contributed by atoms with Gasteiger partial charge in [-0.15, -0.1) is 0 Å². The Labute approximate surface area is 151 Å². The fraction of sp³-hybridized carbons (Fsp3) is 0.650. The average Bonchev–Trinajstić information content (AvgIpc) is 2.65. The Kier molecular flexibility index (Phi) is 6.56. The van der Waals surface area contributed by atoms with Crippen molar-refractivity contribution in [2.24, 2.45) is 5.92 Å². The highest BCUT2D eigenvalue weighted by atomic mass is 16.5. The number of urea groups is 1. The lowest BCUT2D eigenvalue weighted by Gasteiger charge is -2.37. The van der Waals surface area contributed by atoms with Crippen LogP contribution in [0.2, 0.25) is 0 Å². The number of ether oxygens (including phenoxy) is 1. The van der Waals surface area contributed by atoms with Gasteiger partial charge in [0.15, 0.2) is 0 Å². The molecule has 0 spiro atoms. The zero-order valence-electron chi connectivity index (χ0n) is 15.3. The van der Waals surface area contributed by atoms with E-state index in [4.69, 9.17) is 4.74 Å². The normalized spacial score (nSPS) is 24.5. The molecule has 25 heavy (non-hydrogen) atoms. The second-order valence-electron chi connectivity index (χ2n) is 7.34. The Morgan fingerprint density at radius 2 is 1.80 bits per heavy atom. The Bertz CT molecular complexity index is 540. The van der Waals surface area contributed by atoms with Crippen molar-refractivity contribution in [2.45, 2.75) is 51.0 Å². The number of benzene rings is 1. The number of hydrogen-bond acceptors (Lipinski definition) is 3. The molecule has 1 aromatic carbocycles. The van der Waals surface area contributed by atoms with Crippen molar-refractivity contribution in [1.82, 2.24) is 10.2 Å². The molecule has 1 heterocycles. The number of hydrogen-bond donors (Lipinski definition) is 2. The van der Waals surface area contributed by atoms with Gasteiger partial charge in [0.2, 0.25) is 0 Å². The summed E-state index contributed by atoms with van der Waals surface area (Å²) >= 11 is 0. The van der Waals surface area contributed by atoms with Crippen molar-refractivity contribution in [2.75, 3.05) is 32.1 Å². The second kappa shape index (κ2) is 9.09. The zero-order valence-corrected chi connectivity index (χ0v) is 15.3. The van der Waals surface area contributed by atoms with Crippen LogP contribution in [0.1, 0.15) is 44.9 Å². The lowest BCUT2D eigenvalue weighted by molar-refractivity contribution is 0.150. The van der Waals surface area contributed by atoms with Crippen LogP contribution in [0, 0.1) is 5.92 Å². The van der Waals surface area contributed by atoms with Crippen LogP contribution in [0.4, 0.5) is 10.5 Å². The molecule has 0 bridgehead atoms. The summed E-state index contributed by atoms with van der Waals surface area (Å²) in [6, 6.07) is 7.63. The van der Waals surface area contributed by atoms with Crippen LogP contribution < -0.4 is 15.4 Å². The monoisotopic (exact) mass is 345 g/mol. The van der Waals surface area contributed by atoms with E-state index in [2.05, 4.69) is 15.5 Å². The number of anilines is 1. The smallest absolute Gasteiger partial charge is 0.319 e. The fourth-order valence-electron chi connectivity index (χ4n) is 4.10. The van der Waals surface area contributed by atoms with E-state index in [1.165, 1.54) is 51.6 Å². The van der Waals surface area contributed by atoms with Crippen LogP contribution in [-0.4, -0.2) is 43.7 Å². The number of piperidine rings is 1. The molecule has 1 saturated heterocycles. The molecular formula is C20H31N3O2. The summed E-state index contributed by atoms with van der Waals surface area (Å²) in [6.07, 6.45) is 8.83. The summed E-state index contributed by atoms with van der Waals surface area (Å²) < 4.78 is 5.15. The molecule has 1 saturated carbocycles. The third-order valence-corrected chi connectivity index (χ3v) is 5.51. The maximum Gasteiger partial charge on any atom is 0.319 e. The lowest BCUT2D eigenvalue weighted by atomic mass is 9.84. The summed E-state index contributed by atoms with van der Waals surface area (Å²) in [4.78, 5) is 15.0. The van der Waals surface area contributed by atoms with E-state index in [9.17, 15) is 4.79 Å². The highest BCUT2D eigenvalue weighted by Crippen LogP contribution is 2.26. The van der Waals surface area contributed by atoms with Crippen molar-refractivity contribution in [3.8, 4) is 5.75 Å². The van der Waals surface area contributed by atoms with Gasteiger partial charge < -0.3 is 20.3 Å². The molecule has 1 aliphatic heterocycles. The summed E-state index contributed by atoms with van der Waals surface area (Å²) in [5, 5.41) is 6.17. The third kappa shape index (κ3) is 5.36. The quantitative estimate of drug-likeness (QED) is 0.852. The molecule has 1 aromatic rings. The number of nitrogens with zero attached hydrogens (tertiary/aromatic N) is 1. The van der Waals surface area contributed by atoms with Gasteiger partial charge in [-0.1, -0.05) is 19.3 Å². The van der Waals surface area contributed by atoms with Crippen molar-refractivity contribution in [3.05, 3.63) is 24.3 Å². The summed E-state index contributed by atoms with van der Waals surface area (Å²) in [6.45, 7) is 3.58. The van der Waals surface area contributed by atoms with Crippen LogP contribution in [0.3, 0.4) is 0 Å². The van der Waals surface area contributed by atoms with Gasteiger partial charge in [0.05, 0.1) is 7.11 Å². The molecule has 138 valence electrons. The number of methoxy groups -OCH3 is 1. The summed E-state index contributed by atoms with van der Waals surface area (Å²) in [5.41, 5.74) is 0.793. The van der Waals surface area contributed by atoms with E-state index in [-0.39, 0.29) is 12.1 Å². The number of nitrogens with one attached hydrogen (secondary N) is 2. The standard InChI is InChI=1S/C20H31N3O2/c1-25-18-11-9-17(10-12-18)21-20(24)22-19-8-4-3-7-16(19)15-23-13-5-2-6-14-23/h9-12,16,19H,2-8,13-15H2,1H3,(H2,21,22,24). The molecule has 0 aromatic heterocycles. The predicted molar refractivity (Wildman–Crippen MR) is 101 cm³/mol. The molecule has 5 nitrogen and oxygen atoms in total. The van der Waals surface area contributed by atoms with Gasteiger partial charge in [0, 0.05) is 18.3 Å². The molecule has 2 amide bonds. The number of likely N-dealkylation sites (tertiary alicyclic amines) is 1. The molecule has 5 heteroatoms. The number of amides is 2. The van der Waals surface area contributed by atoms with E-state index in [0.29, 0.717) is 5.92 Å². The van der Waals surface area contributed by atoms with Crippen molar-refractivity contribution >= 4 is 11.7 Å². The second-order valence-corrected chi connectivity index (χ2v) is 7.34. The minimum atomic E-state index is -0.0966. The Balaban J connectivity index is 1.51. The van der Waals surface area contributed by atoms with Gasteiger partial charge in [-0.05, 0) is 69.0 Å². The SMILES string of the molecule is COc1ccc(NC(=O)NC2CCCCC2CN2CCCCC2)cc1. The van der Waals surface area contributed by atoms with E-state index in [1.807, 2.05) is 24.3 Å². The first-order valence-electron chi connectivity index (χ1n) is 9.68. The highest BCUT2D eigenvalue weighted by molar-refractivity contribution is 5.89.